The number of carbonyl (C=O) groups excluding carboxylic acids is 1. The van der Waals surface area contributed by atoms with Crippen molar-refractivity contribution in [3.63, 3.8) is 0 Å². The second kappa shape index (κ2) is 5.35. The number of amides is 1. The van der Waals surface area contributed by atoms with E-state index in [1.165, 1.54) is 12.3 Å². The number of hydrogen-bond donors (Lipinski definition) is 3. The lowest BCUT2D eigenvalue weighted by molar-refractivity contribution is 0.0757. The van der Waals surface area contributed by atoms with Gasteiger partial charge in [-0.05, 0) is 25.0 Å². The van der Waals surface area contributed by atoms with Gasteiger partial charge in [0, 0.05) is 6.20 Å². The highest BCUT2D eigenvalue weighted by atomic mass is 16.3. The summed E-state index contributed by atoms with van der Waals surface area (Å²) in [6, 6.07) is 3.10. The molecule has 1 aromatic rings. The smallest absolute Gasteiger partial charge is 0.260 e. The van der Waals surface area contributed by atoms with Gasteiger partial charge in [-0.15, -0.1) is 0 Å². The predicted molar refractivity (Wildman–Crippen MR) is 67.4 cm³/mol. The van der Waals surface area contributed by atoms with E-state index in [0.717, 1.165) is 32.1 Å². The summed E-state index contributed by atoms with van der Waals surface area (Å²) in [6.45, 7) is -0.0799. The van der Waals surface area contributed by atoms with Crippen LogP contribution in [0.25, 0.3) is 0 Å². The number of hydrogen-bond acceptors (Lipinski definition) is 3. The van der Waals surface area contributed by atoms with E-state index in [2.05, 4.69) is 10.3 Å². The molecule has 5 nitrogen and oxygen atoms in total. The van der Waals surface area contributed by atoms with Crippen molar-refractivity contribution in [2.75, 3.05) is 6.61 Å². The van der Waals surface area contributed by atoms with E-state index in [4.69, 9.17) is 0 Å². The minimum absolute atomic E-state index is 0.0799. The number of carbonyl (C=O) groups is 1. The van der Waals surface area contributed by atoms with Gasteiger partial charge >= 0.3 is 0 Å². The van der Waals surface area contributed by atoms with Crippen molar-refractivity contribution < 1.29 is 9.90 Å². The van der Waals surface area contributed by atoms with E-state index >= 15 is 0 Å². The molecule has 0 aliphatic heterocycles. The molecule has 5 heteroatoms. The third-order valence-electron chi connectivity index (χ3n) is 3.55. The van der Waals surface area contributed by atoms with Gasteiger partial charge < -0.3 is 15.4 Å². The molecule has 0 aromatic carbocycles. The number of aromatic amines is 1. The molecule has 1 heterocycles. The summed E-state index contributed by atoms with van der Waals surface area (Å²) < 4.78 is 0. The zero-order valence-corrected chi connectivity index (χ0v) is 10.2. The van der Waals surface area contributed by atoms with Crippen molar-refractivity contribution in [3.05, 3.63) is 34.2 Å². The van der Waals surface area contributed by atoms with Crippen LogP contribution < -0.4 is 10.9 Å². The number of aromatic nitrogens is 1. The molecule has 1 aliphatic rings. The van der Waals surface area contributed by atoms with E-state index in [0.29, 0.717) is 0 Å². The minimum atomic E-state index is -0.558. The van der Waals surface area contributed by atoms with E-state index in [9.17, 15) is 14.7 Å². The SMILES string of the molecule is O=C(NC1(CO)CCCCC1)c1ccc[nH]c1=O. The summed E-state index contributed by atoms with van der Waals surface area (Å²) >= 11 is 0. The van der Waals surface area contributed by atoms with Crippen LogP contribution in [-0.2, 0) is 0 Å². The molecule has 0 unspecified atom stereocenters. The molecular weight excluding hydrogens is 232 g/mol. The number of aliphatic hydroxyl groups excluding tert-OH is 1. The van der Waals surface area contributed by atoms with Gasteiger partial charge in [0.15, 0.2) is 0 Å². The maximum Gasteiger partial charge on any atom is 0.260 e. The Hall–Kier alpha value is -1.62. The highest BCUT2D eigenvalue weighted by Gasteiger charge is 2.33. The fourth-order valence-electron chi connectivity index (χ4n) is 2.46. The fourth-order valence-corrected chi connectivity index (χ4v) is 2.46. The Bertz CT molecular complexity index is 475. The second-order valence-corrected chi connectivity index (χ2v) is 4.87. The summed E-state index contributed by atoms with van der Waals surface area (Å²) in [7, 11) is 0. The second-order valence-electron chi connectivity index (χ2n) is 4.87. The molecule has 0 atom stereocenters. The molecule has 98 valence electrons. The number of H-pyrrole nitrogens is 1. The van der Waals surface area contributed by atoms with Crippen molar-refractivity contribution in [3.8, 4) is 0 Å². The molecule has 1 saturated carbocycles. The Morgan fingerprint density at radius 2 is 2.11 bits per heavy atom. The zero-order chi connectivity index (χ0) is 13.0. The van der Waals surface area contributed by atoms with Crippen LogP contribution in [0, 0.1) is 0 Å². The summed E-state index contributed by atoms with van der Waals surface area (Å²) in [5.74, 6) is -0.409. The summed E-state index contributed by atoms with van der Waals surface area (Å²) in [5, 5.41) is 12.3. The van der Waals surface area contributed by atoms with Gasteiger partial charge in [0.2, 0.25) is 0 Å². The molecule has 1 aromatic heterocycles. The minimum Gasteiger partial charge on any atom is -0.394 e. The Morgan fingerprint density at radius 1 is 1.39 bits per heavy atom. The first-order valence-electron chi connectivity index (χ1n) is 6.28. The van der Waals surface area contributed by atoms with Gasteiger partial charge in [-0.25, -0.2) is 0 Å². The average Bonchev–Trinajstić information content (AvgIpc) is 2.40. The van der Waals surface area contributed by atoms with Crippen molar-refractivity contribution >= 4 is 5.91 Å². The molecule has 1 fully saturated rings. The zero-order valence-electron chi connectivity index (χ0n) is 10.2. The number of pyridine rings is 1. The molecule has 0 radical (unpaired) electrons. The van der Waals surface area contributed by atoms with Crippen LogP contribution in [-0.4, -0.2) is 28.1 Å². The fraction of sp³-hybridized carbons (Fsp3) is 0.538. The maximum atomic E-state index is 12.1. The van der Waals surface area contributed by atoms with Gasteiger partial charge in [0.1, 0.15) is 5.56 Å². The standard InChI is InChI=1S/C13H18N2O3/c16-9-13(6-2-1-3-7-13)15-12(18)10-5-4-8-14-11(10)17/h4-5,8,16H,1-3,6-7,9H2,(H,14,17)(H,15,18). The van der Waals surface area contributed by atoms with Crippen molar-refractivity contribution in [2.45, 2.75) is 37.6 Å². The highest BCUT2D eigenvalue weighted by molar-refractivity contribution is 5.94. The summed E-state index contributed by atoms with van der Waals surface area (Å²) in [4.78, 5) is 26.0. The van der Waals surface area contributed by atoms with Gasteiger partial charge in [-0.2, -0.15) is 0 Å². The third-order valence-corrected chi connectivity index (χ3v) is 3.55. The van der Waals surface area contributed by atoms with E-state index in [1.54, 1.807) is 6.07 Å². The van der Waals surface area contributed by atoms with E-state index < -0.39 is 17.0 Å². The van der Waals surface area contributed by atoms with Crippen molar-refractivity contribution in [1.82, 2.24) is 10.3 Å². The third kappa shape index (κ3) is 2.61. The predicted octanol–water partition coefficient (Wildman–Crippen LogP) is 0.800. The lowest BCUT2D eigenvalue weighted by Gasteiger charge is -2.36. The van der Waals surface area contributed by atoms with Gasteiger partial charge in [0.05, 0.1) is 12.1 Å². The lowest BCUT2D eigenvalue weighted by Crippen LogP contribution is -2.53. The molecule has 18 heavy (non-hydrogen) atoms. The Morgan fingerprint density at radius 3 is 2.72 bits per heavy atom. The molecule has 2 rings (SSSR count). The number of nitrogens with one attached hydrogen (secondary N) is 2. The largest absolute Gasteiger partial charge is 0.394 e. The molecule has 0 spiro atoms. The van der Waals surface area contributed by atoms with E-state index in [1.807, 2.05) is 0 Å². The molecule has 1 aliphatic carbocycles. The van der Waals surface area contributed by atoms with Gasteiger partial charge in [-0.1, -0.05) is 19.3 Å². The normalized spacial score (nSPS) is 18.3. The molecule has 3 N–H and O–H groups in total. The Labute approximate surface area is 105 Å². The summed E-state index contributed by atoms with van der Waals surface area (Å²) in [6.07, 6.45) is 6.13. The van der Waals surface area contributed by atoms with Crippen LogP contribution in [0.3, 0.4) is 0 Å². The number of rotatable bonds is 3. The topological polar surface area (TPSA) is 82.2 Å². The summed E-state index contributed by atoms with van der Waals surface area (Å²) in [5.41, 5.74) is -0.868. The van der Waals surface area contributed by atoms with Crippen molar-refractivity contribution in [2.24, 2.45) is 0 Å². The maximum absolute atomic E-state index is 12.1. The van der Waals surface area contributed by atoms with Crippen LogP contribution >= 0.6 is 0 Å². The van der Waals surface area contributed by atoms with Crippen LogP contribution in [0.5, 0.6) is 0 Å². The van der Waals surface area contributed by atoms with Crippen molar-refractivity contribution in [1.29, 1.82) is 0 Å². The van der Waals surface area contributed by atoms with Crippen LogP contribution in [0.1, 0.15) is 42.5 Å². The van der Waals surface area contributed by atoms with Gasteiger partial charge in [0.25, 0.3) is 11.5 Å². The first kappa shape index (κ1) is 12.8. The molecule has 0 saturated heterocycles. The number of aliphatic hydroxyl groups is 1. The monoisotopic (exact) mass is 250 g/mol. The molecule has 0 bridgehead atoms. The first-order chi connectivity index (χ1) is 8.67. The van der Waals surface area contributed by atoms with E-state index in [-0.39, 0.29) is 12.2 Å². The van der Waals surface area contributed by atoms with Crippen LogP contribution in [0.15, 0.2) is 23.1 Å². The average molecular weight is 250 g/mol. The molecule has 1 amide bonds. The van der Waals surface area contributed by atoms with Crippen LogP contribution in [0.4, 0.5) is 0 Å². The molecular formula is C13H18N2O3. The quantitative estimate of drug-likeness (QED) is 0.742. The Balaban J connectivity index is 2.15. The first-order valence-corrected chi connectivity index (χ1v) is 6.28. The Kier molecular flexibility index (Phi) is 3.81. The lowest BCUT2D eigenvalue weighted by atomic mass is 9.82. The highest BCUT2D eigenvalue weighted by Crippen LogP contribution is 2.27. The van der Waals surface area contributed by atoms with Crippen LogP contribution in [0.2, 0.25) is 0 Å². The van der Waals surface area contributed by atoms with Gasteiger partial charge in [-0.3, -0.25) is 9.59 Å².